The molecule has 0 atom stereocenters. The number of aromatic nitrogens is 4. The Morgan fingerprint density at radius 2 is 1.77 bits per heavy atom. The minimum Gasteiger partial charge on any atom is -0.440 e. The summed E-state index contributed by atoms with van der Waals surface area (Å²) in [7, 11) is -5.04. The van der Waals surface area contributed by atoms with Gasteiger partial charge in [-0.15, -0.1) is 0 Å². The second-order valence-electron chi connectivity index (χ2n) is 9.04. The van der Waals surface area contributed by atoms with Crippen LogP contribution in [-0.4, -0.2) is 40.9 Å². The molecule has 43 heavy (non-hydrogen) atoms. The van der Waals surface area contributed by atoms with Crippen LogP contribution in [0, 0.1) is 17.5 Å². The number of hydrogen-bond acceptors (Lipinski definition) is 8. The van der Waals surface area contributed by atoms with Gasteiger partial charge in [-0.3, -0.25) is 4.68 Å². The number of ether oxygens (including phenoxy) is 1. The lowest BCUT2D eigenvalue weighted by Gasteiger charge is -2.25. The second kappa shape index (κ2) is 11.9. The van der Waals surface area contributed by atoms with E-state index in [1.165, 1.54) is 35.1 Å². The van der Waals surface area contributed by atoms with Gasteiger partial charge in [0.05, 0.1) is 16.9 Å². The van der Waals surface area contributed by atoms with Crippen molar-refractivity contribution in [3.63, 3.8) is 0 Å². The lowest BCUT2D eigenvalue weighted by molar-refractivity contribution is 0.0519. The van der Waals surface area contributed by atoms with E-state index in [1.54, 1.807) is 30.5 Å². The first-order chi connectivity index (χ1) is 20.6. The molecule has 0 radical (unpaired) electrons. The van der Waals surface area contributed by atoms with Gasteiger partial charge in [-0.05, 0) is 55.5 Å². The fourth-order valence-corrected chi connectivity index (χ4v) is 5.63. The molecule has 5 aromatic rings. The molecule has 0 fully saturated rings. The monoisotopic (exact) mass is 608 g/mol. The minimum absolute atomic E-state index is 0.0310. The standard InChI is InChI=1S/C29H23F3N6O4S/c1-2-37-16-21(23-13-14-34-29(33)35-23)27(36-37)20-9-6-10-24(26(20)32)38(17-42-28(39)18-7-4-3-5-8-18)43(40,41)25-15-19(30)11-12-22(25)31/h3-16H,2,17H2,1H3,(H2,33,34,35). The van der Waals surface area contributed by atoms with Crippen LogP contribution in [0.15, 0.2) is 90.1 Å². The number of carbonyl (C=O) groups excluding carboxylic acids is 1. The number of sulfonamides is 1. The zero-order valence-electron chi connectivity index (χ0n) is 22.5. The number of benzene rings is 3. The van der Waals surface area contributed by atoms with Gasteiger partial charge in [-0.25, -0.2) is 40.7 Å². The van der Waals surface area contributed by atoms with Crippen LogP contribution < -0.4 is 10.0 Å². The van der Waals surface area contributed by atoms with E-state index < -0.39 is 50.8 Å². The zero-order valence-corrected chi connectivity index (χ0v) is 23.3. The highest BCUT2D eigenvalue weighted by Crippen LogP contribution is 2.37. The molecule has 14 heteroatoms. The molecule has 0 amide bonds. The molecule has 10 nitrogen and oxygen atoms in total. The molecule has 0 aliphatic rings. The van der Waals surface area contributed by atoms with Crippen molar-refractivity contribution in [1.82, 2.24) is 19.7 Å². The molecule has 0 bridgehead atoms. The molecular weight excluding hydrogens is 585 g/mol. The normalized spacial score (nSPS) is 11.3. The third-order valence-corrected chi connectivity index (χ3v) is 8.07. The highest BCUT2D eigenvalue weighted by molar-refractivity contribution is 7.92. The number of nitrogen functional groups attached to an aromatic ring is 1. The summed E-state index contributed by atoms with van der Waals surface area (Å²) < 4.78 is 79.9. The Labute approximate surface area is 244 Å². The van der Waals surface area contributed by atoms with Gasteiger partial charge in [0.1, 0.15) is 22.2 Å². The first kappa shape index (κ1) is 29.3. The molecule has 0 unspecified atom stereocenters. The minimum atomic E-state index is -5.04. The van der Waals surface area contributed by atoms with E-state index in [9.17, 15) is 22.0 Å². The van der Waals surface area contributed by atoms with Gasteiger partial charge < -0.3 is 10.5 Å². The van der Waals surface area contributed by atoms with Crippen LogP contribution in [0.25, 0.3) is 22.5 Å². The van der Waals surface area contributed by atoms with Crippen molar-refractivity contribution < 1.29 is 31.1 Å². The molecule has 0 spiro atoms. The van der Waals surface area contributed by atoms with Crippen molar-refractivity contribution in [2.45, 2.75) is 18.4 Å². The Morgan fingerprint density at radius 1 is 1.00 bits per heavy atom. The van der Waals surface area contributed by atoms with Crippen LogP contribution in [0.2, 0.25) is 0 Å². The molecule has 3 aromatic carbocycles. The van der Waals surface area contributed by atoms with Crippen molar-refractivity contribution in [3.8, 4) is 22.5 Å². The van der Waals surface area contributed by atoms with Crippen molar-refractivity contribution in [2.75, 3.05) is 16.8 Å². The summed E-state index contributed by atoms with van der Waals surface area (Å²) in [5, 5.41) is 4.44. The molecule has 0 saturated carbocycles. The van der Waals surface area contributed by atoms with Crippen LogP contribution in [0.1, 0.15) is 17.3 Å². The average molecular weight is 609 g/mol. The van der Waals surface area contributed by atoms with Crippen molar-refractivity contribution >= 4 is 27.6 Å². The molecule has 0 aliphatic carbocycles. The van der Waals surface area contributed by atoms with Crippen LogP contribution >= 0.6 is 0 Å². The van der Waals surface area contributed by atoms with Crippen LogP contribution in [0.5, 0.6) is 0 Å². The maximum absolute atomic E-state index is 16.4. The van der Waals surface area contributed by atoms with E-state index in [-0.39, 0.29) is 22.8 Å². The number of nitrogens with two attached hydrogens (primary N) is 1. The fourth-order valence-electron chi connectivity index (χ4n) is 4.23. The summed E-state index contributed by atoms with van der Waals surface area (Å²) in [4.78, 5) is 19.7. The average Bonchev–Trinajstić information content (AvgIpc) is 3.44. The molecule has 0 saturated heterocycles. The van der Waals surface area contributed by atoms with Crippen LogP contribution in [-0.2, 0) is 21.3 Å². The molecule has 0 aliphatic heterocycles. The Hall–Kier alpha value is -5.24. The number of aryl methyl sites for hydroxylation is 1. The number of anilines is 2. The highest BCUT2D eigenvalue weighted by atomic mass is 32.2. The van der Waals surface area contributed by atoms with Gasteiger partial charge in [-0.2, -0.15) is 5.10 Å². The van der Waals surface area contributed by atoms with E-state index in [2.05, 4.69) is 15.1 Å². The summed E-state index contributed by atoms with van der Waals surface area (Å²) >= 11 is 0. The Bertz CT molecular complexity index is 1920. The van der Waals surface area contributed by atoms with E-state index in [0.29, 0.717) is 34.2 Å². The number of hydrogen-bond donors (Lipinski definition) is 1. The summed E-state index contributed by atoms with van der Waals surface area (Å²) in [6, 6.07) is 14.8. The molecular formula is C29H23F3N6O4S. The van der Waals surface area contributed by atoms with Gasteiger partial charge in [-0.1, -0.05) is 24.3 Å². The van der Waals surface area contributed by atoms with Crippen molar-refractivity contribution in [1.29, 1.82) is 0 Å². The quantitative estimate of drug-likeness (QED) is 0.182. The summed E-state index contributed by atoms with van der Waals surface area (Å²) in [6.07, 6.45) is 3.03. The molecule has 5 rings (SSSR count). The largest absolute Gasteiger partial charge is 0.440 e. The first-order valence-electron chi connectivity index (χ1n) is 12.7. The maximum Gasteiger partial charge on any atom is 0.339 e. The predicted molar refractivity (Wildman–Crippen MR) is 151 cm³/mol. The van der Waals surface area contributed by atoms with E-state index >= 15 is 4.39 Å². The van der Waals surface area contributed by atoms with Crippen molar-refractivity contribution in [2.24, 2.45) is 0 Å². The number of nitrogens with zero attached hydrogens (tertiary/aromatic N) is 5. The van der Waals surface area contributed by atoms with Gasteiger partial charge in [0.2, 0.25) is 5.95 Å². The molecule has 2 N–H and O–H groups in total. The van der Waals surface area contributed by atoms with Gasteiger partial charge in [0.25, 0.3) is 10.0 Å². The van der Waals surface area contributed by atoms with E-state index in [1.807, 2.05) is 6.92 Å². The highest BCUT2D eigenvalue weighted by Gasteiger charge is 2.33. The maximum atomic E-state index is 16.4. The van der Waals surface area contributed by atoms with Crippen LogP contribution in [0.3, 0.4) is 0 Å². The van der Waals surface area contributed by atoms with Gasteiger partial charge >= 0.3 is 5.97 Å². The van der Waals surface area contributed by atoms with E-state index in [4.69, 9.17) is 10.5 Å². The number of rotatable bonds is 9. The Morgan fingerprint density at radius 3 is 2.49 bits per heavy atom. The first-order valence-corrected chi connectivity index (χ1v) is 14.2. The van der Waals surface area contributed by atoms with Crippen molar-refractivity contribution in [3.05, 3.63) is 108 Å². The number of carbonyl (C=O) groups is 1. The SMILES string of the molecule is CCn1cc(-c2ccnc(N)n2)c(-c2cccc(N(COC(=O)c3ccccc3)S(=O)(=O)c3cc(F)ccc3F)c2F)n1. The molecule has 2 heterocycles. The third kappa shape index (κ3) is 5.90. The Balaban J connectivity index is 1.65. The molecule has 2 aromatic heterocycles. The molecule has 220 valence electrons. The second-order valence-corrected chi connectivity index (χ2v) is 10.9. The number of esters is 1. The zero-order chi connectivity index (χ0) is 30.7. The van der Waals surface area contributed by atoms with E-state index in [0.717, 1.165) is 12.1 Å². The number of halogens is 3. The summed E-state index contributed by atoms with van der Waals surface area (Å²) in [5.41, 5.74) is 5.87. The lowest BCUT2D eigenvalue weighted by Crippen LogP contribution is -2.35. The van der Waals surface area contributed by atoms with Gasteiger partial charge in [0, 0.05) is 30.1 Å². The third-order valence-electron chi connectivity index (χ3n) is 6.32. The fraction of sp³-hybridized carbons (Fsp3) is 0.103. The summed E-state index contributed by atoms with van der Waals surface area (Å²) in [6.45, 7) is 1.15. The Kier molecular flexibility index (Phi) is 8.12. The predicted octanol–water partition coefficient (Wildman–Crippen LogP) is 5.04. The van der Waals surface area contributed by atoms with Crippen LogP contribution in [0.4, 0.5) is 24.8 Å². The summed E-state index contributed by atoms with van der Waals surface area (Å²) in [5.74, 6) is -4.39. The van der Waals surface area contributed by atoms with Gasteiger partial charge in [0.15, 0.2) is 12.5 Å². The lowest BCUT2D eigenvalue weighted by atomic mass is 10.0. The topological polar surface area (TPSA) is 133 Å². The smallest absolute Gasteiger partial charge is 0.339 e.